The number of nitro benzene ring substituents is 1. The van der Waals surface area contributed by atoms with Gasteiger partial charge in [0.05, 0.1) is 23.5 Å². The molecule has 2 rings (SSSR count). The fraction of sp³-hybridized carbons (Fsp3) is 0.318. The van der Waals surface area contributed by atoms with Crippen LogP contribution in [-0.4, -0.2) is 40.5 Å². The Balaban J connectivity index is 2.33. The van der Waals surface area contributed by atoms with E-state index >= 15 is 0 Å². The van der Waals surface area contributed by atoms with E-state index in [1.54, 1.807) is 6.92 Å². The van der Waals surface area contributed by atoms with Gasteiger partial charge in [0.25, 0.3) is 11.6 Å². The molecular weight excluding hydrogens is 475 g/mol. The SMILES string of the molecule is CCOC(=O)C[C@@H](c1ccc([N+](=O)[O-])cc1)[C@H](NC(=O)[C@@H](O)c1ccc(C(F)(F)F)cc1)C(N)=O. The second kappa shape index (κ2) is 11.4. The van der Waals surface area contributed by atoms with Crippen LogP contribution in [0.4, 0.5) is 18.9 Å². The minimum absolute atomic E-state index is 0.0199. The number of nitro groups is 1. The third-order valence-corrected chi connectivity index (χ3v) is 5.03. The molecule has 0 saturated heterocycles. The zero-order valence-electron chi connectivity index (χ0n) is 18.3. The van der Waals surface area contributed by atoms with Crippen molar-refractivity contribution in [1.82, 2.24) is 5.32 Å². The highest BCUT2D eigenvalue weighted by molar-refractivity contribution is 5.90. The monoisotopic (exact) mass is 497 g/mol. The maximum Gasteiger partial charge on any atom is 0.416 e. The smallest absolute Gasteiger partial charge is 0.416 e. The number of ether oxygens (including phenoxy) is 1. The van der Waals surface area contributed by atoms with Gasteiger partial charge in [-0.1, -0.05) is 24.3 Å². The molecule has 0 saturated carbocycles. The summed E-state index contributed by atoms with van der Waals surface area (Å²) >= 11 is 0. The number of aliphatic hydroxyl groups is 1. The average molecular weight is 497 g/mol. The number of carbonyl (C=O) groups excluding carboxylic acids is 3. The highest BCUT2D eigenvalue weighted by atomic mass is 19.4. The van der Waals surface area contributed by atoms with Gasteiger partial charge in [0.15, 0.2) is 6.10 Å². The summed E-state index contributed by atoms with van der Waals surface area (Å²) in [5, 5.41) is 23.5. The van der Waals surface area contributed by atoms with Gasteiger partial charge in [-0.2, -0.15) is 13.2 Å². The number of aliphatic hydroxyl groups excluding tert-OH is 1. The molecule has 0 unspecified atom stereocenters. The van der Waals surface area contributed by atoms with Crippen molar-refractivity contribution in [3.8, 4) is 0 Å². The predicted molar refractivity (Wildman–Crippen MR) is 115 cm³/mol. The number of amides is 2. The van der Waals surface area contributed by atoms with Crippen LogP contribution in [0, 0.1) is 10.1 Å². The second-order valence-electron chi connectivity index (χ2n) is 7.38. The highest BCUT2D eigenvalue weighted by Gasteiger charge is 2.34. The van der Waals surface area contributed by atoms with Gasteiger partial charge in [-0.25, -0.2) is 0 Å². The summed E-state index contributed by atoms with van der Waals surface area (Å²) in [4.78, 5) is 47.3. The number of hydrogen-bond donors (Lipinski definition) is 3. The third-order valence-electron chi connectivity index (χ3n) is 5.03. The molecule has 13 heteroatoms. The number of primary amides is 1. The van der Waals surface area contributed by atoms with E-state index in [-0.39, 0.29) is 23.4 Å². The van der Waals surface area contributed by atoms with Gasteiger partial charge in [-0.05, 0) is 30.2 Å². The van der Waals surface area contributed by atoms with E-state index in [2.05, 4.69) is 5.32 Å². The lowest BCUT2D eigenvalue weighted by molar-refractivity contribution is -0.384. The molecule has 188 valence electrons. The molecule has 10 nitrogen and oxygen atoms in total. The molecule has 0 fully saturated rings. The second-order valence-corrected chi connectivity index (χ2v) is 7.38. The molecule has 0 spiro atoms. The summed E-state index contributed by atoms with van der Waals surface area (Å²) in [6.45, 7) is 1.57. The van der Waals surface area contributed by atoms with Crippen molar-refractivity contribution in [2.75, 3.05) is 6.61 Å². The molecule has 0 aliphatic carbocycles. The normalized spacial score (nSPS) is 13.9. The Morgan fingerprint density at radius 3 is 2.09 bits per heavy atom. The standard InChI is InChI=1S/C22H22F3N3O7/c1-2-35-17(29)11-16(12-5-9-15(10-6-12)28(33)34)18(20(26)31)27-21(32)19(30)13-3-7-14(8-4-13)22(23,24)25/h3-10,16,18-19,30H,2,11H2,1H3,(H2,26,31)(H,27,32)/t16-,18-,19-/m0/s1. The van der Waals surface area contributed by atoms with Crippen molar-refractivity contribution in [3.63, 3.8) is 0 Å². The minimum atomic E-state index is -4.62. The summed E-state index contributed by atoms with van der Waals surface area (Å²) in [6.07, 6.45) is -7.02. The van der Waals surface area contributed by atoms with Crippen LogP contribution in [-0.2, 0) is 25.3 Å². The molecular formula is C22H22F3N3O7. The van der Waals surface area contributed by atoms with Gasteiger partial charge in [-0.15, -0.1) is 0 Å². The number of esters is 1. The Morgan fingerprint density at radius 2 is 1.63 bits per heavy atom. The minimum Gasteiger partial charge on any atom is -0.466 e. The van der Waals surface area contributed by atoms with Gasteiger partial charge >= 0.3 is 12.1 Å². The molecule has 2 aromatic rings. The molecule has 35 heavy (non-hydrogen) atoms. The van der Waals surface area contributed by atoms with Crippen molar-refractivity contribution >= 4 is 23.5 Å². The van der Waals surface area contributed by atoms with Crippen molar-refractivity contribution in [1.29, 1.82) is 0 Å². The number of nitrogens with one attached hydrogen (secondary N) is 1. The van der Waals surface area contributed by atoms with E-state index in [0.29, 0.717) is 12.1 Å². The average Bonchev–Trinajstić information content (AvgIpc) is 2.80. The van der Waals surface area contributed by atoms with Crippen LogP contribution < -0.4 is 11.1 Å². The zero-order valence-corrected chi connectivity index (χ0v) is 18.3. The number of rotatable bonds is 10. The van der Waals surface area contributed by atoms with Crippen LogP contribution in [0.25, 0.3) is 0 Å². The van der Waals surface area contributed by atoms with Crippen LogP contribution >= 0.6 is 0 Å². The Bertz CT molecular complexity index is 1070. The van der Waals surface area contributed by atoms with E-state index in [0.717, 1.165) is 24.3 Å². The first-order valence-electron chi connectivity index (χ1n) is 10.2. The van der Waals surface area contributed by atoms with Gasteiger partial charge in [-0.3, -0.25) is 24.5 Å². The van der Waals surface area contributed by atoms with E-state index in [1.807, 2.05) is 0 Å². The van der Waals surface area contributed by atoms with Crippen molar-refractivity contribution in [2.24, 2.45) is 5.73 Å². The van der Waals surface area contributed by atoms with E-state index < -0.39 is 58.9 Å². The quantitative estimate of drug-likeness (QED) is 0.258. The number of benzene rings is 2. The van der Waals surface area contributed by atoms with Crippen molar-refractivity contribution in [3.05, 3.63) is 75.3 Å². The predicted octanol–water partition coefficient (Wildman–Crippen LogP) is 2.35. The molecule has 0 aromatic heterocycles. The number of alkyl halides is 3. The van der Waals surface area contributed by atoms with Crippen molar-refractivity contribution < 1.29 is 42.3 Å². The first-order valence-corrected chi connectivity index (χ1v) is 10.2. The summed E-state index contributed by atoms with van der Waals surface area (Å²) < 4.78 is 43.1. The lowest BCUT2D eigenvalue weighted by Gasteiger charge is -2.26. The molecule has 0 bridgehead atoms. The van der Waals surface area contributed by atoms with Gasteiger partial charge in [0.2, 0.25) is 5.91 Å². The maximum atomic E-state index is 12.8. The number of hydrogen-bond acceptors (Lipinski definition) is 7. The van der Waals surface area contributed by atoms with Gasteiger partial charge < -0.3 is 20.9 Å². The van der Waals surface area contributed by atoms with Crippen LogP contribution in [0.1, 0.15) is 42.1 Å². The van der Waals surface area contributed by atoms with Gasteiger partial charge in [0.1, 0.15) is 6.04 Å². The number of nitrogens with two attached hydrogens (primary N) is 1. The lowest BCUT2D eigenvalue weighted by Crippen LogP contribution is -2.50. The molecule has 4 N–H and O–H groups in total. The summed E-state index contributed by atoms with van der Waals surface area (Å²) in [5.41, 5.74) is 4.23. The Morgan fingerprint density at radius 1 is 1.09 bits per heavy atom. The molecule has 0 radical (unpaired) electrons. The fourth-order valence-electron chi connectivity index (χ4n) is 3.28. The molecule has 0 aliphatic rings. The Kier molecular flexibility index (Phi) is 8.89. The molecule has 3 atom stereocenters. The first kappa shape index (κ1) is 27.2. The van der Waals surface area contributed by atoms with Crippen LogP contribution in [0.15, 0.2) is 48.5 Å². The van der Waals surface area contributed by atoms with Crippen LogP contribution in [0.3, 0.4) is 0 Å². The Hall–Kier alpha value is -4.00. The topological polar surface area (TPSA) is 162 Å². The third kappa shape index (κ3) is 7.24. The summed E-state index contributed by atoms with van der Waals surface area (Å²) in [6, 6.07) is 6.40. The number of nitrogens with zero attached hydrogens (tertiary/aromatic N) is 1. The van der Waals surface area contributed by atoms with Gasteiger partial charge in [0, 0.05) is 18.1 Å². The molecule has 2 aromatic carbocycles. The van der Waals surface area contributed by atoms with E-state index in [4.69, 9.17) is 10.5 Å². The summed E-state index contributed by atoms with van der Waals surface area (Å²) in [7, 11) is 0. The first-order chi connectivity index (χ1) is 16.3. The largest absolute Gasteiger partial charge is 0.466 e. The van der Waals surface area contributed by atoms with Crippen LogP contribution in [0.5, 0.6) is 0 Å². The highest BCUT2D eigenvalue weighted by Crippen LogP contribution is 2.30. The number of carbonyl (C=O) groups is 3. The molecule has 0 heterocycles. The zero-order chi connectivity index (χ0) is 26.3. The molecule has 2 amide bonds. The number of halogens is 3. The molecule has 0 aliphatic heterocycles. The van der Waals surface area contributed by atoms with E-state index in [1.165, 1.54) is 12.1 Å². The fourth-order valence-corrected chi connectivity index (χ4v) is 3.28. The number of non-ortho nitro benzene ring substituents is 1. The maximum absolute atomic E-state index is 12.8. The van der Waals surface area contributed by atoms with Crippen LogP contribution in [0.2, 0.25) is 0 Å². The lowest BCUT2D eigenvalue weighted by atomic mass is 9.87. The Labute approximate surface area is 197 Å². The van der Waals surface area contributed by atoms with E-state index in [9.17, 15) is 42.8 Å². The van der Waals surface area contributed by atoms with Crippen molar-refractivity contribution in [2.45, 2.75) is 37.6 Å². The summed E-state index contributed by atoms with van der Waals surface area (Å²) in [5.74, 6) is -4.13.